The quantitative estimate of drug-likeness (QED) is 0.593. The summed E-state index contributed by atoms with van der Waals surface area (Å²) in [5.41, 5.74) is 1.69. The molecule has 0 amide bonds. The van der Waals surface area contributed by atoms with E-state index in [0.29, 0.717) is 37.6 Å². The van der Waals surface area contributed by atoms with Gasteiger partial charge in [-0.05, 0) is 25.0 Å². The first-order valence-corrected chi connectivity index (χ1v) is 8.45. The minimum atomic E-state index is -0.845. The molecule has 0 fully saturated rings. The number of hydrogen-bond acceptors (Lipinski definition) is 4. The Bertz CT molecular complexity index is 677. The topological polar surface area (TPSA) is 93.1 Å². The number of ether oxygens (including phenoxy) is 2. The molecule has 0 aliphatic heterocycles. The molecule has 0 spiro atoms. The highest BCUT2D eigenvalue weighted by atomic mass is 16.5. The Morgan fingerprint density at radius 3 is 1.46 bits per heavy atom. The largest absolute Gasteiger partial charge is 0.493 e. The molecule has 0 bridgehead atoms. The molecule has 6 nitrogen and oxygen atoms in total. The third-order valence-electron chi connectivity index (χ3n) is 3.65. The third kappa shape index (κ3) is 6.12. The maximum Gasteiger partial charge on any atom is 0.303 e. The Kier molecular flexibility index (Phi) is 7.49. The normalized spacial score (nSPS) is 10.3. The van der Waals surface area contributed by atoms with Gasteiger partial charge < -0.3 is 19.7 Å². The van der Waals surface area contributed by atoms with Crippen LogP contribution in [0.5, 0.6) is 11.5 Å². The summed E-state index contributed by atoms with van der Waals surface area (Å²) in [5, 5.41) is 17.4. The lowest BCUT2D eigenvalue weighted by molar-refractivity contribution is -0.138. The number of benzene rings is 2. The molecule has 138 valence electrons. The predicted octanol–water partition coefficient (Wildman–Crippen LogP) is 3.84. The molecular formula is C20H22O6. The zero-order chi connectivity index (χ0) is 18.8. The van der Waals surface area contributed by atoms with Gasteiger partial charge in [0.05, 0.1) is 13.2 Å². The molecule has 2 N–H and O–H groups in total. The fourth-order valence-corrected chi connectivity index (χ4v) is 2.44. The smallest absolute Gasteiger partial charge is 0.303 e. The van der Waals surface area contributed by atoms with Crippen LogP contribution in [-0.4, -0.2) is 35.4 Å². The van der Waals surface area contributed by atoms with E-state index >= 15 is 0 Å². The van der Waals surface area contributed by atoms with Crippen molar-refractivity contribution in [3.8, 4) is 22.6 Å². The lowest BCUT2D eigenvalue weighted by atomic mass is 10.0. The fourth-order valence-electron chi connectivity index (χ4n) is 2.44. The number of para-hydroxylation sites is 2. The number of carboxylic acid groups (broad SMARTS) is 2. The summed E-state index contributed by atoms with van der Waals surface area (Å²) < 4.78 is 11.5. The van der Waals surface area contributed by atoms with Gasteiger partial charge in [0.25, 0.3) is 0 Å². The van der Waals surface area contributed by atoms with Crippen LogP contribution < -0.4 is 9.47 Å². The minimum absolute atomic E-state index is 0.0610. The summed E-state index contributed by atoms with van der Waals surface area (Å²) >= 11 is 0. The van der Waals surface area contributed by atoms with Crippen LogP contribution in [0, 0.1) is 0 Å². The first-order chi connectivity index (χ1) is 12.6. The number of carbonyl (C=O) groups is 2. The van der Waals surface area contributed by atoms with Gasteiger partial charge in [0.15, 0.2) is 0 Å². The molecule has 0 heterocycles. The van der Waals surface area contributed by atoms with E-state index in [-0.39, 0.29) is 12.8 Å². The van der Waals surface area contributed by atoms with Crippen LogP contribution >= 0.6 is 0 Å². The second-order valence-corrected chi connectivity index (χ2v) is 5.68. The zero-order valence-corrected chi connectivity index (χ0v) is 14.4. The molecule has 0 aromatic heterocycles. The second-order valence-electron chi connectivity index (χ2n) is 5.68. The van der Waals surface area contributed by atoms with Crippen molar-refractivity contribution >= 4 is 11.9 Å². The van der Waals surface area contributed by atoms with Crippen molar-refractivity contribution in [1.82, 2.24) is 0 Å². The molecule has 0 saturated carbocycles. The Labute approximate surface area is 152 Å². The van der Waals surface area contributed by atoms with Gasteiger partial charge in [0.1, 0.15) is 11.5 Å². The molecule has 2 rings (SSSR count). The Morgan fingerprint density at radius 2 is 1.08 bits per heavy atom. The summed E-state index contributed by atoms with van der Waals surface area (Å²) in [4.78, 5) is 21.2. The zero-order valence-electron chi connectivity index (χ0n) is 14.4. The predicted molar refractivity (Wildman–Crippen MR) is 96.6 cm³/mol. The number of aliphatic carboxylic acids is 2. The molecule has 2 aromatic carbocycles. The van der Waals surface area contributed by atoms with Crippen LogP contribution in [0.25, 0.3) is 11.1 Å². The van der Waals surface area contributed by atoms with Crippen molar-refractivity contribution < 1.29 is 29.3 Å². The number of carboxylic acids is 2. The van der Waals surface area contributed by atoms with E-state index in [4.69, 9.17) is 19.7 Å². The molecule has 0 saturated heterocycles. The average Bonchev–Trinajstić information content (AvgIpc) is 2.63. The van der Waals surface area contributed by atoms with Crippen molar-refractivity contribution in [2.45, 2.75) is 25.7 Å². The van der Waals surface area contributed by atoms with Crippen LogP contribution in [0.4, 0.5) is 0 Å². The van der Waals surface area contributed by atoms with Gasteiger partial charge in [-0.1, -0.05) is 36.4 Å². The van der Waals surface area contributed by atoms with Crippen molar-refractivity contribution in [1.29, 1.82) is 0 Å². The van der Waals surface area contributed by atoms with Gasteiger partial charge in [-0.15, -0.1) is 0 Å². The van der Waals surface area contributed by atoms with Crippen LogP contribution in [0.1, 0.15) is 25.7 Å². The van der Waals surface area contributed by atoms with E-state index in [2.05, 4.69) is 0 Å². The maximum atomic E-state index is 10.6. The summed E-state index contributed by atoms with van der Waals surface area (Å²) in [6.45, 7) is 0.621. The maximum absolute atomic E-state index is 10.6. The molecule has 2 aromatic rings. The Balaban J connectivity index is 2.10. The van der Waals surface area contributed by atoms with Gasteiger partial charge >= 0.3 is 11.9 Å². The van der Waals surface area contributed by atoms with Crippen molar-refractivity contribution in [2.75, 3.05) is 13.2 Å². The Hall–Kier alpha value is -3.02. The van der Waals surface area contributed by atoms with Gasteiger partial charge in [-0.2, -0.15) is 0 Å². The van der Waals surface area contributed by atoms with Gasteiger partial charge in [0, 0.05) is 24.0 Å². The fraction of sp³-hybridized carbons (Fsp3) is 0.300. The van der Waals surface area contributed by atoms with Gasteiger partial charge in [-0.3, -0.25) is 9.59 Å². The van der Waals surface area contributed by atoms with E-state index in [1.807, 2.05) is 48.5 Å². The summed E-state index contributed by atoms with van der Waals surface area (Å²) in [5.74, 6) is -0.386. The SMILES string of the molecule is O=C(O)CCCOc1ccccc1-c1ccccc1OCCCC(=O)O. The second kappa shape index (κ2) is 10.1. The highest BCUT2D eigenvalue weighted by Gasteiger charge is 2.11. The highest BCUT2D eigenvalue weighted by molar-refractivity contribution is 5.75. The first kappa shape index (κ1) is 19.3. The average molecular weight is 358 g/mol. The highest BCUT2D eigenvalue weighted by Crippen LogP contribution is 2.36. The summed E-state index contributed by atoms with van der Waals surface area (Å²) in [6.07, 6.45) is 0.977. The standard InChI is InChI=1S/C20H22O6/c21-19(22)11-5-13-25-17-9-3-1-7-15(17)16-8-2-4-10-18(16)26-14-6-12-20(23)24/h1-4,7-10H,5-6,11-14H2,(H,21,22)(H,23,24). The molecule has 0 atom stereocenters. The monoisotopic (exact) mass is 358 g/mol. The first-order valence-electron chi connectivity index (χ1n) is 8.45. The minimum Gasteiger partial charge on any atom is -0.493 e. The van der Waals surface area contributed by atoms with E-state index in [1.54, 1.807) is 0 Å². The molecular weight excluding hydrogens is 336 g/mol. The van der Waals surface area contributed by atoms with E-state index in [0.717, 1.165) is 11.1 Å². The molecule has 26 heavy (non-hydrogen) atoms. The van der Waals surface area contributed by atoms with Crippen molar-refractivity contribution in [2.24, 2.45) is 0 Å². The third-order valence-corrected chi connectivity index (χ3v) is 3.65. The molecule has 0 aliphatic rings. The van der Waals surface area contributed by atoms with Crippen LogP contribution in [0.15, 0.2) is 48.5 Å². The summed E-state index contributed by atoms with van der Waals surface area (Å²) in [7, 11) is 0. The molecule has 0 radical (unpaired) electrons. The van der Waals surface area contributed by atoms with Crippen molar-refractivity contribution in [3.63, 3.8) is 0 Å². The number of hydrogen-bond donors (Lipinski definition) is 2. The summed E-state index contributed by atoms with van der Waals surface area (Å²) in [6, 6.07) is 15.0. The molecule has 0 aliphatic carbocycles. The van der Waals surface area contributed by atoms with Crippen LogP contribution in [0.2, 0.25) is 0 Å². The number of rotatable bonds is 11. The molecule has 0 unspecified atom stereocenters. The van der Waals surface area contributed by atoms with Gasteiger partial charge in [-0.25, -0.2) is 0 Å². The van der Waals surface area contributed by atoms with Crippen LogP contribution in [-0.2, 0) is 9.59 Å². The molecule has 6 heteroatoms. The van der Waals surface area contributed by atoms with Crippen molar-refractivity contribution in [3.05, 3.63) is 48.5 Å². The van der Waals surface area contributed by atoms with Crippen LogP contribution in [0.3, 0.4) is 0 Å². The van der Waals surface area contributed by atoms with Gasteiger partial charge in [0.2, 0.25) is 0 Å². The Morgan fingerprint density at radius 1 is 0.692 bits per heavy atom. The van der Waals surface area contributed by atoms with E-state index in [1.165, 1.54) is 0 Å². The lowest BCUT2D eigenvalue weighted by Gasteiger charge is -2.15. The van der Waals surface area contributed by atoms with E-state index < -0.39 is 11.9 Å². The lowest BCUT2D eigenvalue weighted by Crippen LogP contribution is -2.04. The van der Waals surface area contributed by atoms with E-state index in [9.17, 15) is 9.59 Å².